The molecule has 1 fully saturated rings. The van der Waals surface area contributed by atoms with Gasteiger partial charge in [0.15, 0.2) is 0 Å². The van der Waals surface area contributed by atoms with Crippen molar-refractivity contribution in [3.63, 3.8) is 0 Å². The molecule has 1 aliphatic heterocycles. The first kappa shape index (κ1) is 13.9. The van der Waals surface area contributed by atoms with E-state index in [1.165, 1.54) is 0 Å². The van der Waals surface area contributed by atoms with Crippen LogP contribution in [0.2, 0.25) is 0 Å². The summed E-state index contributed by atoms with van der Waals surface area (Å²) >= 11 is 0. The fourth-order valence-electron chi connectivity index (χ4n) is 2.04. The van der Waals surface area contributed by atoms with E-state index in [0.29, 0.717) is 19.8 Å². The molecule has 104 valence electrons. The first-order valence-corrected chi connectivity index (χ1v) is 6.57. The molecule has 0 aliphatic carbocycles. The van der Waals surface area contributed by atoms with Crippen LogP contribution >= 0.6 is 0 Å². The highest BCUT2D eigenvalue weighted by molar-refractivity contribution is 5.70. The minimum absolute atomic E-state index is 0.171. The van der Waals surface area contributed by atoms with Crippen LogP contribution < -0.4 is 0 Å². The normalized spacial score (nSPS) is 19.6. The molecule has 0 aromatic heterocycles. The van der Waals surface area contributed by atoms with Gasteiger partial charge in [0.05, 0.1) is 19.8 Å². The average molecular weight is 263 g/mol. The van der Waals surface area contributed by atoms with Crippen molar-refractivity contribution < 1.29 is 14.3 Å². The lowest BCUT2D eigenvalue weighted by atomic mass is 10.1. The third-order valence-electron chi connectivity index (χ3n) is 3.10. The van der Waals surface area contributed by atoms with Crippen molar-refractivity contribution in [3.8, 4) is 0 Å². The molecule has 1 amide bonds. The smallest absolute Gasteiger partial charge is 0.410 e. The Morgan fingerprint density at radius 1 is 1.32 bits per heavy atom. The first-order valence-electron chi connectivity index (χ1n) is 6.57. The number of nitrogens with zero attached hydrogens (tertiary/aromatic N) is 1. The minimum Gasteiger partial charge on any atom is -0.442 e. The zero-order valence-corrected chi connectivity index (χ0v) is 11.8. The Hall–Kier alpha value is -1.55. The fourth-order valence-corrected chi connectivity index (χ4v) is 2.04. The molecule has 4 heteroatoms. The van der Waals surface area contributed by atoms with E-state index in [1.807, 2.05) is 51.1 Å². The molecule has 1 aromatic rings. The SMILES string of the molecule is CC(C)(C)N1C[C@@H](COCc2ccccc2)OC1=O. The zero-order valence-electron chi connectivity index (χ0n) is 11.8. The molecule has 0 spiro atoms. The Kier molecular flexibility index (Phi) is 4.10. The fraction of sp³-hybridized carbons (Fsp3) is 0.533. The number of carbonyl (C=O) groups is 1. The second-order valence-corrected chi connectivity index (χ2v) is 5.79. The summed E-state index contributed by atoms with van der Waals surface area (Å²) in [6, 6.07) is 9.97. The van der Waals surface area contributed by atoms with Gasteiger partial charge in [0, 0.05) is 5.54 Å². The summed E-state index contributed by atoms with van der Waals surface area (Å²) in [7, 11) is 0. The van der Waals surface area contributed by atoms with Crippen LogP contribution in [0.3, 0.4) is 0 Å². The van der Waals surface area contributed by atoms with E-state index in [9.17, 15) is 4.79 Å². The van der Waals surface area contributed by atoms with Crippen molar-refractivity contribution in [2.75, 3.05) is 13.2 Å². The Balaban J connectivity index is 1.78. The molecular weight excluding hydrogens is 242 g/mol. The number of carbonyl (C=O) groups excluding carboxylic acids is 1. The van der Waals surface area contributed by atoms with E-state index in [-0.39, 0.29) is 17.7 Å². The Morgan fingerprint density at radius 2 is 2.00 bits per heavy atom. The van der Waals surface area contributed by atoms with E-state index in [1.54, 1.807) is 4.90 Å². The lowest BCUT2D eigenvalue weighted by molar-refractivity contribution is 0.0381. The van der Waals surface area contributed by atoms with Crippen molar-refractivity contribution in [1.82, 2.24) is 4.90 Å². The van der Waals surface area contributed by atoms with Gasteiger partial charge in [0.2, 0.25) is 0 Å². The predicted octanol–water partition coefficient (Wildman–Crippen LogP) is 2.82. The number of benzene rings is 1. The largest absolute Gasteiger partial charge is 0.442 e. The molecular formula is C15H21NO3. The monoisotopic (exact) mass is 263 g/mol. The maximum Gasteiger partial charge on any atom is 0.410 e. The van der Waals surface area contributed by atoms with Crippen LogP contribution in [0.25, 0.3) is 0 Å². The predicted molar refractivity (Wildman–Crippen MR) is 72.8 cm³/mol. The average Bonchev–Trinajstić information content (AvgIpc) is 2.72. The number of amides is 1. The van der Waals surface area contributed by atoms with Gasteiger partial charge in [-0.3, -0.25) is 4.90 Å². The number of ether oxygens (including phenoxy) is 2. The molecule has 2 rings (SSSR count). The molecule has 0 radical (unpaired) electrons. The molecule has 0 saturated carbocycles. The van der Waals surface area contributed by atoms with E-state index in [2.05, 4.69) is 0 Å². The second-order valence-electron chi connectivity index (χ2n) is 5.79. The maximum absolute atomic E-state index is 11.7. The van der Waals surface area contributed by atoms with Crippen molar-refractivity contribution >= 4 is 6.09 Å². The summed E-state index contributed by atoms with van der Waals surface area (Å²) in [6.45, 7) is 7.58. The van der Waals surface area contributed by atoms with Crippen LogP contribution in [-0.2, 0) is 16.1 Å². The highest BCUT2D eigenvalue weighted by Crippen LogP contribution is 2.22. The van der Waals surface area contributed by atoms with Gasteiger partial charge in [-0.25, -0.2) is 4.79 Å². The van der Waals surface area contributed by atoms with Gasteiger partial charge < -0.3 is 9.47 Å². The summed E-state index contributed by atoms with van der Waals surface area (Å²) in [5.41, 5.74) is 0.921. The minimum atomic E-state index is -0.249. The van der Waals surface area contributed by atoms with Gasteiger partial charge >= 0.3 is 6.09 Å². The summed E-state index contributed by atoms with van der Waals surface area (Å²) in [5.74, 6) is 0. The standard InChI is InChI=1S/C15H21NO3/c1-15(2,3)16-9-13(19-14(16)17)11-18-10-12-7-5-4-6-8-12/h4-8,13H,9-11H2,1-3H3/t13-/m0/s1. The summed E-state index contributed by atoms with van der Waals surface area (Å²) in [5, 5.41) is 0. The summed E-state index contributed by atoms with van der Waals surface area (Å²) in [4.78, 5) is 13.5. The van der Waals surface area contributed by atoms with Gasteiger partial charge in [0.25, 0.3) is 0 Å². The molecule has 1 heterocycles. The lowest BCUT2D eigenvalue weighted by Crippen LogP contribution is -2.42. The number of hydrogen-bond acceptors (Lipinski definition) is 3. The van der Waals surface area contributed by atoms with Gasteiger partial charge in [0.1, 0.15) is 6.10 Å². The van der Waals surface area contributed by atoms with Crippen molar-refractivity contribution in [2.24, 2.45) is 0 Å². The number of rotatable bonds is 4. The third-order valence-corrected chi connectivity index (χ3v) is 3.10. The third kappa shape index (κ3) is 3.70. The molecule has 0 unspecified atom stereocenters. The quantitative estimate of drug-likeness (QED) is 0.838. The van der Waals surface area contributed by atoms with Crippen molar-refractivity contribution in [1.29, 1.82) is 0 Å². The first-order chi connectivity index (χ1) is 8.97. The van der Waals surface area contributed by atoms with Gasteiger partial charge in [-0.05, 0) is 26.3 Å². The summed E-state index contributed by atoms with van der Waals surface area (Å²) < 4.78 is 10.9. The van der Waals surface area contributed by atoms with Gasteiger partial charge in [-0.15, -0.1) is 0 Å². The van der Waals surface area contributed by atoms with Crippen LogP contribution in [0.15, 0.2) is 30.3 Å². The Labute approximate surface area is 114 Å². The molecule has 1 saturated heterocycles. The van der Waals surface area contributed by atoms with E-state index in [4.69, 9.17) is 9.47 Å². The topological polar surface area (TPSA) is 38.8 Å². The van der Waals surface area contributed by atoms with Crippen molar-refractivity contribution in [2.45, 2.75) is 39.0 Å². The van der Waals surface area contributed by atoms with Crippen LogP contribution in [0.1, 0.15) is 26.3 Å². The van der Waals surface area contributed by atoms with Crippen LogP contribution in [0, 0.1) is 0 Å². The number of cyclic esters (lactones) is 1. The van der Waals surface area contributed by atoms with Gasteiger partial charge in [-0.2, -0.15) is 0 Å². The van der Waals surface area contributed by atoms with Crippen LogP contribution in [-0.4, -0.2) is 35.8 Å². The maximum atomic E-state index is 11.7. The lowest BCUT2D eigenvalue weighted by Gasteiger charge is -2.29. The Bertz CT molecular complexity index is 425. The van der Waals surface area contributed by atoms with Crippen LogP contribution in [0.5, 0.6) is 0 Å². The van der Waals surface area contributed by atoms with Crippen LogP contribution in [0.4, 0.5) is 4.79 Å². The summed E-state index contributed by atoms with van der Waals surface area (Å²) in [6.07, 6.45) is -0.420. The molecule has 1 aliphatic rings. The van der Waals surface area contributed by atoms with E-state index < -0.39 is 0 Å². The molecule has 1 aromatic carbocycles. The number of hydrogen-bond donors (Lipinski definition) is 0. The highest BCUT2D eigenvalue weighted by atomic mass is 16.6. The molecule has 19 heavy (non-hydrogen) atoms. The second kappa shape index (κ2) is 5.61. The van der Waals surface area contributed by atoms with E-state index in [0.717, 1.165) is 5.56 Å². The highest BCUT2D eigenvalue weighted by Gasteiger charge is 2.37. The van der Waals surface area contributed by atoms with E-state index >= 15 is 0 Å². The molecule has 4 nitrogen and oxygen atoms in total. The molecule has 1 atom stereocenters. The van der Waals surface area contributed by atoms with Gasteiger partial charge in [-0.1, -0.05) is 30.3 Å². The molecule has 0 N–H and O–H groups in total. The zero-order chi connectivity index (χ0) is 13.9. The Morgan fingerprint density at radius 3 is 2.58 bits per heavy atom. The van der Waals surface area contributed by atoms with Crippen molar-refractivity contribution in [3.05, 3.63) is 35.9 Å². The molecule has 0 bridgehead atoms.